The smallest absolute Gasteiger partial charge is 0.383 e. The molecule has 0 fully saturated rings. The highest BCUT2D eigenvalue weighted by atomic mass is 19.4. The Hall–Kier alpha value is -4.04. The second-order valence-corrected chi connectivity index (χ2v) is 6.89. The Kier molecular flexibility index (Phi) is 7.20. The number of aryl methyl sites for hydroxylation is 1. The molecule has 0 bridgehead atoms. The molecule has 3 heterocycles. The van der Waals surface area contributed by atoms with Crippen LogP contribution < -0.4 is 10.6 Å². The fourth-order valence-corrected chi connectivity index (χ4v) is 2.93. The van der Waals surface area contributed by atoms with Gasteiger partial charge in [0, 0.05) is 48.4 Å². The van der Waals surface area contributed by atoms with E-state index in [1.807, 2.05) is 0 Å². The zero-order valence-corrected chi connectivity index (χ0v) is 17.7. The Bertz CT molecular complexity index is 1210. The molecule has 11 heteroatoms. The maximum atomic E-state index is 12.9. The van der Waals surface area contributed by atoms with E-state index in [1.165, 1.54) is 12.3 Å². The molecule has 0 aliphatic carbocycles. The van der Waals surface area contributed by atoms with Crippen LogP contribution in [-0.4, -0.2) is 41.1 Å². The summed E-state index contributed by atoms with van der Waals surface area (Å²) in [6.45, 7) is 2.67. The molecule has 0 aromatic carbocycles. The van der Waals surface area contributed by atoms with E-state index in [9.17, 15) is 23.2 Å². The third-order valence-electron chi connectivity index (χ3n) is 4.58. The van der Waals surface area contributed by atoms with Gasteiger partial charge in [-0.15, -0.1) is 0 Å². The maximum absolute atomic E-state index is 12.9. The molecule has 0 radical (unpaired) electrons. The highest BCUT2D eigenvalue weighted by Gasteiger charge is 2.33. The van der Waals surface area contributed by atoms with E-state index >= 15 is 0 Å². The molecule has 33 heavy (non-hydrogen) atoms. The van der Waals surface area contributed by atoms with Gasteiger partial charge in [-0.05, 0) is 31.2 Å². The van der Waals surface area contributed by atoms with Crippen molar-refractivity contribution >= 4 is 17.4 Å². The van der Waals surface area contributed by atoms with Crippen LogP contribution in [0.1, 0.15) is 27.3 Å². The maximum Gasteiger partial charge on any atom is 0.433 e. The summed E-state index contributed by atoms with van der Waals surface area (Å²) in [5.74, 6) is -0.334. The first-order valence-electron chi connectivity index (χ1n) is 9.67. The highest BCUT2D eigenvalue weighted by molar-refractivity contribution is 6.04. The van der Waals surface area contributed by atoms with Crippen molar-refractivity contribution in [1.82, 2.24) is 15.0 Å². The number of halogens is 3. The lowest BCUT2D eigenvalue weighted by Crippen LogP contribution is -2.15. The number of hydrogen-bond donors (Lipinski definition) is 2. The molecule has 0 atom stereocenters. The Labute approximate surface area is 187 Å². The fourth-order valence-electron chi connectivity index (χ4n) is 2.93. The largest absolute Gasteiger partial charge is 0.433 e. The van der Waals surface area contributed by atoms with Gasteiger partial charge in [0.15, 0.2) is 0 Å². The van der Waals surface area contributed by atoms with Crippen molar-refractivity contribution in [2.45, 2.75) is 13.1 Å². The number of nitriles is 1. The topological polar surface area (TPSA) is 113 Å². The average molecular weight is 456 g/mol. The number of pyridine rings is 3. The average Bonchev–Trinajstić information content (AvgIpc) is 2.80. The summed E-state index contributed by atoms with van der Waals surface area (Å²) < 4.78 is 43.6. The summed E-state index contributed by atoms with van der Waals surface area (Å²) in [6.07, 6.45) is -0.787. The van der Waals surface area contributed by atoms with Crippen LogP contribution in [0.5, 0.6) is 0 Å². The Morgan fingerprint density at radius 1 is 1.18 bits per heavy atom. The van der Waals surface area contributed by atoms with E-state index in [1.54, 1.807) is 32.4 Å². The number of rotatable bonds is 7. The minimum absolute atomic E-state index is 0.195. The quantitative estimate of drug-likeness (QED) is 0.516. The van der Waals surface area contributed by atoms with Crippen molar-refractivity contribution in [2.75, 3.05) is 30.9 Å². The Balaban J connectivity index is 1.86. The van der Waals surface area contributed by atoms with Crippen molar-refractivity contribution in [1.29, 1.82) is 5.26 Å². The van der Waals surface area contributed by atoms with Gasteiger partial charge in [-0.3, -0.25) is 14.8 Å². The van der Waals surface area contributed by atoms with Gasteiger partial charge in [-0.2, -0.15) is 18.4 Å². The van der Waals surface area contributed by atoms with Crippen LogP contribution in [0.15, 0.2) is 42.9 Å². The van der Waals surface area contributed by atoms with E-state index in [-0.39, 0.29) is 11.3 Å². The van der Waals surface area contributed by atoms with Gasteiger partial charge < -0.3 is 15.4 Å². The summed E-state index contributed by atoms with van der Waals surface area (Å²) in [4.78, 5) is 24.3. The van der Waals surface area contributed by atoms with Crippen LogP contribution in [0.3, 0.4) is 0 Å². The van der Waals surface area contributed by atoms with Gasteiger partial charge in [-0.1, -0.05) is 0 Å². The third kappa shape index (κ3) is 5.81. The minimum Gasteiger partial charge on any atom is -0.383 e. The molecular weight excluding hydrogens is 437 g/mol. The monoisotopic (exact) mass is 456 g/mol. The summed E-state index contributed by atoms with van der Waals surface area (Å²) in [5.41, 5.74) is 1.04. The van der Waals surface area contributed by atoms with Gasteiger partial charge in [0.2, 0.25) is 0 Å². The number of methoxy groups -OCH3 is 1. The summed E-state index contributed by atoms with van der Waals surface area (Å²) >= 11 is 0. The molecule has 1 amide bonds. The second kappa shape index (κ2) is 10.1. The van der Waals surface area contributed by atoms with E-state index in [0.717, 1.165) is 6.20 Å². The van der Waals surface area contributed by atoms with Gasteiger partial charge in [0.05, 0.1) is 24.1 Å². The molecule has 170 valence electrons. The van der Waals surface area contributed by atoms with Gasteiger partial charge in [0.25, 0.3) is 5.91 Å². The first-order valence-corrected chi connectivity index (χ1v) is 9.67. The summed E-state index contributed by atoms with van der Waals surface area (Å²) in [6, 6.07) is 7.20. The Morgan fingerprint density at radius 2 is 1.97 bits per heavy atom. The van der Waals surface area contributed by atoms with Gasteiger partial charge in [0.1, 0.15) is 17.6 Å². The van der Waals surface area contributed by atoms with E-state index in [0.29, 0.717) is 47.4 Å². The van der Waals surface area contributed by atoms with Crippen LogP contribution in [0.4, 0.5) is 24.7 Å². The lowest BCUT2D eigenvalue weighted by atomic mass is 10.0. The molecule has 0 aliphatic heterocycles. The number of nitrogens with one attached hydrogen (secondary N) is 2. The normalized spacial score (nSPS) is 11.0. The van der Waals surface area contributed by atoms with Crippen molar-refractivity contribution in [2.24, 2.45) is 0 Å². The minimum atomic E-state index is -4.66. The number of amides is 1. The third-order valence-corrected chi connectivity index (χ3v) is 4.58. The van der Waals surface area contributed by atoms with Crippen molar-refractivity contribution in [3.8, 4) is 17.2 Å². The zero-order valence-electron chi connectivity index (χ0n) is 17.7. The first-order chi connectivity index (χ1) is 15.7. The highest BCUT2D eigenvalue weighted by Crippen LogP contribution is 2.29. The van der Waals surface area contributed by atoms with Crippen LogP contribution in [-0.2, 0) is 10.9 Å². The van der Waals surface area contributed by atoms with Crippen LogP contribution in [0.2, 0.25) is 0 Å². The summed E-state index contributed by atoms with van der Waals surface area (Å²) in [7, 11) is 1.56. The Morgan fingerprint density at radius 3 is 2.67 bits per heavy atom. The predicted octanol–water partition coefficient (Wildman–Crippen LogP) is 4.05. The van der Waals surface area contributed by atoms with Crippen LogP contribution in [0, 0.1) is 18.3 Å². The number of alkyl halides is 3. The van der Waals surface area contributed by atoms with E-state index in [2.05, 4.69) is 31.7 Å². The number of nitrogens with zero attached hydrogens (tertiary/aromatic N) is 4. The van der Waals surface area contributed by atoms with E-state index < -0.39 is 17.8 Å². The predicted molar refractivity (Wildman–Crippen MR) is 114 cm³/mol. The first kappa shape index (κ1) is 23.6. The summed E-state index contributed by atoms with van der Waals surface area (Å²) in [5, 5.41) is 15.0. The molecule has 0 unspecified atom stereocenters. The molecule has 0 saturated carbocycles. The molecule has 3 aromatic rings. The van der Waals surface area contributed by atoms with Crippen LogP contribution in [0.25, 0.3) is 11.1 Å². The molecular formula is C22H19F3N6O2. The van der Waals surface area contributed by atoms with Gasteiger partial charge >= 0.3 is 6.18 Å². The SMILES string of the molecule is COCCNc1ncc(-c2cc(NC(=O)c3ccnc(C(F)(F)F)c3)cnc2C)cc1C#N. The zero-order chi connectivity index (χ0) is 24.0. The molecule has 0 aliphatic rings. The van der Waals surface area contributed by atoms with Crippen molar-refractivity contribution in [3.63, 3.8) is 0 Å². The number of carbonyl (C=O) groups excluding carboxylic acids is 1. The van der Waals surface area contributed by atoms with Crippen LogP contribution >= 0.6 is 0 Å². The lowest BCUT2D eigenvalue weighted by Gasteiger charge is -2.12. The molecule has 3 rings (SSSR count). The molecule has 8 nitrogen and oxygen atoms in total. The molecule has 0 spiro atoms. The molecule has 2 N–H and O–H groups in total. The lowest BCUT2D eigenvalue weighted by molar-refractivity contribution is -0.141. The number of carbonyl (C=O) groups is 1. The van der Waals surface area contributed by atoms with Crippen molar-refractivity contribution < 1.29 is 22.7 Å². The molecule has 3 aromatic heterocycles. The number of hydrogen-bond acceptors (Lipinski definition) is 7. The van der Waals surface area contributed by atoms with Gasteiger partial charge in [-0.25, -0.2) is 4.98 Å². The second-order valence-electron chi connectivity index (χ2n) is 6.89. The number of aromatic nitrogens is 3. The number of anilines is 2. The van der Waals surface area contributed by atoms with Crippen molar-refractivity contribution in [3.05, 3.63) is 65.4 Å². The standard InChI is InChI=1S/C22H19F3N6O2/c1-13-18(16-7-15(10-26)20(30-11-16)28-5-6-33-2)9-17(12-29-13)31-21(32)14-3-4-27-19(8-14)22(23,24)25/h3-4,7-9,11-12H,5-6H2,1-2H3,(H,28,30)(H,31,32). The fraction of sp³-hybridized carbons (Fsp3) is 0.227. The number of ether oxygens (including phenoxy) is 1. The molecule has 0 saturated heterocycles. The van der Waals surface area contributed by atoms with E-state index in [4.69, 9.17) is 4.74 Å².